The first-order valence-electron chi connectivity index (χ1n) is 15.2. The molecular formula is C34H25BrF3N3O5S2. The maximum absolute atomic E-state index is 14.0. The van der Waals surface area contributed by atoms with Gasteiger partial charge in [-0.05, 0) is 72.7 Å². The molecule has 2 N–H and O–H groups in total. The van der Waals surface area contributed by atoms with E-state index in [-0.39, 0.29) is 51.3 Å². The van der Waals surface area contributed by atoms with Crippen LogP contribution in [0.15, 0.2) is 87.1 Å². The van der Waals surface area contributed by atoms with Crippen molar-refractivity contribution < 1.29 is 32.3 Å². The number of aromatic nitrogens is 1. The number of amides is 3. The quantitative estimate of drug-likeness (QED) is 0.207. The van der Waals surface area contributed by atoms with Gasteiger partial charge >= 0.3 is 11.0 Å². The zero-order chi connectivity index (χ0) is 33.5. The molecular weight excluding hydrogens is 731 g/mol. The van der Waals surface area contributed by atoms with Crippen molar-refractivity contribution in [1.29, 1.82) is 0 Å². The maximum atomic E-state index is 14.0. The molecule has 14 heteroatoms. The number of carbonyl (C=O) groups excluding carboxylic acids is 3. The Kier molecular flexibility index (Phi) is 7.60. The number of para-hydroxylation sites is 1. The predicted octanol–water partition coefficient (Wildman–Crippen LogP) is 6.91. The minimum atomic E-state index is -4.55. The van der Waals surface area contributed by atoms with Crippen molar-refractivity contribution in [1.82, 2.24) is 4.98 Å². The number of nitrogens with zero attached hydrogens (tertiary/aromatic N) is 1. The average molecular weight is 757 g/mol. The molecule has 8 nitrogen and oxygen atoms in total. The van der Waals surface area contributed by atoms with Gasteiger partial charge in [0.25, 0.3) is 5.91 Å². The Morgan fingerprint density at radius 2 is 1.71 bits per heavy atom. The number of thioether (sulfide) groups is 1. The van der Waals surface area contributed by atoms with Gasteiger partial charge in [0, 0.05) is 31.8 Å². The van der Waals surface area contributed by atoms with Gasteiger partial charge in [-0.15, -0.1) is 11.8 Å². The predicted molar refractivity (Wildman–Crippen MR) is 177 cm³/mol. The summed E-state index contributed by atoms with van der Waals surface area (Å²) in [5.74, 6) is -2.20. The van der Waals surface area contributed by atoms with Crippen molar-refractivity contribution in [3.63, 3.8) is 0 Å². The van der Waals surface area contributed by atoms with E-state index >= 15 is 0 Å². The van der Waals surface area contributed by atoms with Gasteiger partial charge in [0.1, 0.15) is 5.75 Å². The fourth-order valence-electron chi connectivity index (χ4n) is 8.19. The molecule has 48 heavy (non-hydrogen) atoms. The van der Waals surface area contributed by atoms with Crippen molar-refractivity contribution in [2.75, 3.05) is 16.8 Å². The van der Waals surface area contributed by atoms with Crippen molar-refractivity contribution in [2.45, 2.75) is 28.8 Å². The Morgan fingerprint density at radius 3 is 2.46 bits per heavy atom. The van der Waals surface area contributed by atoms with Crippen LogP contribution in [0, 0.1) is 29.6 Å². The molecule has 2 aliphatic heterocycles. The van der Waals surface area contributed by atoms with Crippen LogP contribution in [0.2, 0.25) is 0 Å². The summed E-state index contributed by atoms with van der Waals surface area (Å²) in [5, 5.41) is 3.16. The van der Waals surface area contributed by atoms with Crippen LogP contribution >= 0.6 is 39.0 Å². The number of rotatable bonds is 6. The van der Waals surface area contributed by atoms with E-state index in [0.717, 1.165) is 43.4 Å². The van der Waals surface area contributed by atoms with Crippen LogP contribution in [0.25, 0.3) is 0 Å². The first-order valence-corrected chi connectivity index (χ1v) is 17.7. The molecule has 8 rings (SSSR count). The van der Waals surface area contributed by atoms with Gasteiger partial charge < -0.3 is 15.0 Å². The summed E-state index contributed by atoms with van der Waals surface area (Å²) >= 11 is 6.09. The third-order valence-electron chi connectivity index (χ3n) is 9.90. The van der Waals surface area contributed by atoms with Crippen LogP contribution in [0.3, 0.4) is 0 Å². The molecule has 0 unspecified atom stereocenters. The van der Waals surface area contributed by atoms with E-state index < -0.39 is 36.1 Å². The number of halogens is 4. The molecule has 2 saturated carbocycles. The summed E-state index contributed by atoms with van der Waals surface area (Å²) in [6.07, 6.45) is -3.84. The minimum absolute atomic E-state index is 0.00917. The van der Waals surface area contributed by atoms with Gasteiger partial charge in [-0.1, -0.05) is 51.5 Å². The number of hydrogen-bond donors (Lipinski definition) is 2. The Balaban J connectivity index is 1.09. The Hall–Kier alpha value is -3.88. The molecule has 2 bridgehead atoms. The highest BCUT2D eigenvalue weighted by atomic mass is 79.9. The highest BCUT2D eigenvalue weighted by Crippen LogP contribution is 2.69. The van der Waals surface area contributed by atoms with Crippen LogP contribution < -0.4 is 19.8 Å². The van der Waals surface area contributed by atoms with E-state index in [1.54, 1.807) is 48.2 Å². The number of thiazole rings is 1. The second-order valence-corrected chi connectivity index (χ2v) is 15.5. The van der Waals surface area contributed by atoms with Crippen molar-refractivity contribution in [2.24, 2.45) is 29.6 Å². The highest BCUT2D eigenvalue weighted by Gasteiger charge is 2.69. The van der Waals surface area contributed by atoms with Crippen LogP contribution in [-0.4, -0.2) is 34.6 Å². The number of ether oxygens (including phenoxy) is 1. The number of alkyl halides is 3. The van der Waals surface area contributed by atoms with Gasteiger partial charge in [-0.25, -0.2) is 0 Å². The summed E-state index contributed by atoms with van der Waals surface area (Å²) in [5.41, 5.74) is 0.389. The fourth-order valence-corrected chi connectivity index (χ4v) is 11.3. The third-order valence-corrected chi connectivity index (χ3v) is 13.0. The molecule has 1 saturated heterocycles. The monoisotopic (exact) mass is 755 g/mol. The highest BCUT2D eigenvalue weighted by molar-refractivity contribution is 9.10. The van der Waals surface area contributed by atoms with E-state index in [0.29, 0.717) is 17.9 Å². The molecule has 1 aromatic heterocycles. The largest absolute Gasteiger partial charge is 0.483 e. The van der Waals surface area contributed by atoms with E-state index in [1.165, 1.54) is 17.0 Å². The third kappa shape index (κ3) is 5.10. The van der Waals surface area contributed by atoms with E-state index in [1.807, 2.05) is 12.1 Å². The Morgan fingerprint density at radius 1 is 0.979 bits per heavy atom. The van der Waals surface area contributed by atoms with Gasteiger partial charge in [-0.3, -0.25) is 24.1 Å². The molecule has 3 amide bonds. The zero-order valence-electron chi connectivity index (χ0n) is 24.7. The molecule has 0 spiro atoms. The summed E-state index contributed by atoms with van der Waals surface area (Å²) in [6.45, 7) is -0.467. The van der Waals surface area contributed by atoms with Gasteiger partial charge in [0.15, 0.2) is 6.61 Å². The Labute approximate surface area is 288 Å². The number of hydrogen-bond acceptors (Lipinski definition) is 7. The lowest BCUT2D eigenvalue weighted by Crippen LogP contribution is -2.42. The number of imide groups is 1. The number of H-pyrrole nitrogens is 1. The molecule has 3 aromatic carbocycles. The number of anilines is 2. The Bertz CT molecular complexity index is 2030. The molecule has 0 radical (unpaired) electrons. The van der Waals surface area contributed by atoms with E-state index in [4.69, 9.17) is 4.74 Å². The molecule has 3 heterocycles. The molecule has 4 aromatic rings. The lowest BCUT2D eigenvalue weighted by Gasteiger charge is -2.43. The minimum Gasteiger partial charge on any atom is -0.483 e. The normalized spacial score (nSPS) is 27.1. The summed E-state index contributed by atoms with van der Waals surface area (Å²) < 4.78 is 46.4. The molecule has 4 aliphatic rings. The summed E-state index contributed by atoms with van der Waals surface area (Å²) in [6, 6.07) is 18.7. The summed E-state index contributed by atoms with van der Waals surface area (Å²) in [4.78, 5) is 58.3. The zero-order valence-corrected chi connectivity index (χ0v) is 27.9. The number of benzene rings is 3. The van der Waals surface area contributed by atoms with Crippen LogP contribution in [-0.2, 0) is 20.6 Å². The lowest BCUT2D eigenvalue weighted by molar-refractivity contribution is -0.137. The number of fused-ring (bicyclic) bond motifs is 9. The standard InChI is InChI=1S/C34H25BrF3N3O5S2/c35-16-8-10-18(11-9-16)41-31(43)26-20-13-21(27(26)32(41)44)28-25(20)24(29-30(47-28)40-33(45)48-29)19-6-1-2-7-22(19)46-14-23(42)39-17-5-3-4-15(12-17)34(36,37)38/h1-12,20-21,24-28H,13-14H2,(H,39,42)(H,40,45)/t20-,21-,24+,25-,26+,27+,28-/m1/s1. The SMILES string of the molecule is O=C(COc1ccccc1[C@@H]1c2sc(=O)[nH]c2S[C@@H]2[C@@H]3C[C@@H]([C@@H]4C(=O)N(c5ccc(Br)cc5)C(=O)[C@@H]34)[C@H]12)Nc1cccc(C(F)(F)F)c1. The number of carbonyl (C=O) groups is 3. The fraction of sp³-hybridized carbons (Fsp3) is 0.294. The average Bonchev–Trinajstić information content (AvgIpc) is 3.79. The van der Waals surface area contributed by atoms with Crippen LogP contribution in [0.5, 0.6) is 5.75 Å². The van der Waals surface area contributed by atoms with Crippen molar-refractivity contribution in [3.8, 4) is 5.75 Å². The van der Waals surface area contributed by atoms with Crippen LogP contribution in [0.4, 0.5) is 24.5 Å². The number of aromatic amines is 1. The second-order valence-electron chi connectivity index (χ2n) is 12.4. The van der Waals surface area contributed by atoms with E-state index in [2.05, 4.69) is 26.2 Å². The smallest absolute Gasteiger partial charge is 0.416 e. The molecule has 2 aliphatic carbocycles. The lowest BCUT2D eigenvalue weighted by atomic mass is 9.68. The van der Waals surface area contributed by atoms with Gasteiger partial charge in [0.2, 0.25) is 11.8 Å². The topological polar surface area (TPSA) is 109 Å². The van der Waals surface area contributed by atoms with Gasteiger partial charge in [0.05, 0.1) is 28.1 Å². The molecule has 7 atom stereocenters. The first-order chi connectivity index (χ1) is 23.0. The van der Waals surface area contributed by atoms with Crippen molar-refractivity contribution in [3.05, 3.63) is 103 Å². The first kappa shape index (κ1) is 31.4. The molecule has 246 valence electrons. The van der Waals surface area contributed by atoms with Crippen molar-refractivity contribution >= 4 is 68.1 Å². The van der Waals surface area contributed by atoms with E-state index in [9.17, 15) is 32.3 Å². The summed E-state index contributed by atoms with van der Waals surface area (Å²) in [7, 11) is 0. The van der Waals surface area contributed by atoms with Crippen LogP contribution in [0.1, 0.15) is 28.3 Å². The second kappa shape index (κ2) is 11.6. The molecule has 3 fully saturated rings. The maximum Gasteiger partial charge on any atom is 0.416 e. The van der Waals surface area contributed by atoms with Gasteiger partial charge in [-0.2, -0.15) is 13.2 Å². The number of nitrogens with one attached hydrogen (secondary N) is 2.